The number of carbonyl (C=O) groups excluding carboxylic acids is 1. The molecule has 3 heterocycles. The molecular weight excluding hydrogens is 518 g/mol. The smallest absolute Gasteiger partial charge is 0.409 e. The molecule has 2 saturated heterocycles. The number of aliphatic hydroxyl groups is 1. The first-order chi connectivity index (χ1) is 18.5. The van der Waals surface area contributed by atoms with Gasteiger partial charge in [-0.1, -0.05) is 30.5 Å². The van der Waals surface area contributed by atoms with E-state index in [2.05, 4.69) is 4.90 Å². The first kappa shape index (κ1) is 28.8. The predicted octanol–water partition coefficient (Wildman–Crippen LogP) is 5.37. The lowest BCUT2D eigenvalue weighted by molar-refractivity contribution is -0.0153. The second-order valence-electron chi connectivity index (χ2n) is 10.9. The van der Waals surface area contributed by atoms with Crippen molar-refractivity contribution in [2.75, 3.05) is 44.8 Å². The van der Waals surface area contributed by atoms with Crippen molar-refractivity contribution in [1.82, 2.24) is 14.9 Å². The van der Waals surface area contributed by atoms with E-state index in [1.54, 1.807) is 30.0 Å². The maximum Gasteiger partial charge on any atom is 0.409 e. The Labute approximate surface area is 235 Å². The molecule has 10 heteroatoms. The highest BCUT2D eigenvalue weighted by molar-refractivity contribution is 6.33. The number of ether oxygens (including phenoxy) is 2. The van der Waals surface area contributed by atoms with Crippen LogP contribution < -0.4 is 9.64 Å². The van der Waals surface area contributed by atoms with Gasteiger partial charge in [0.15, 0.2) is 5.82 Å². The van der Waals surface area contributed by atoms with Gasteiger partial charge < -0.3 is 29.8 Å². The molecule has 1 aromatic carbocycles. The predicted molar refractivity (Wildman–Crippen MR) is 154 cm³/mol. The Kier molecular flexibility index (Phi) is 8.51. The Balaban J connectivity index is 1.70. The van der Waals surface area contributed by atoms with Crippen molar-refractivity contribution >= 4 is 34.8 Å². The van der Waals surface area contributed by atoms with Crippen LogP contribution in [-0.2, 0) is 4.74 Å². The van der Waals surface area contributed by atoms with Crippen molar-refractivity contribution in [2.45, 2.75) is 53.6 Å². The zero-order chi connectivity index (χ0) is 28.5. The standard InChI is InChI=1S/C29H38ClN5O4/c1-7-8-20(36)12-39-21-9-10-23(30)22(11-21)26-32-25(24(17(2)3)19(5)31)18(4)27(33-26)34-13-29(14-34)15-35(16-29)28(37)38-6/h9-11,20,31,36H,7-8,12-16H2,1-6H3/t20-/m1/s1. The average Bonchev–Trinajstić information content (AvgIpc) is 2.83. The minimum absolute atomic E-state index is 0.0352. The summed E-state index contributed by atoms with van der Waals surface area (Å²) in [4.78, 5) is 25.7. The van der Waals surface area contributed by atoms with E-state index in [1.807, 2.05) is 27.7 Å². The number of likely N-dealkylation sites (tertiary alicyclic amines) is 1. The van der Waals surface area contributed by atoms with Crippen LogP contribution in [0.5, 0.6) is 5.75 Å². The Morgan fingerprint density at radius 3 is 2.49 bits per heavy atom. The summed E-state index contributed by atoms with van der Waals surface area (Å²) in [5.41, 5.74) is 4.44. The maximum atomic E-state index is 11.9. The average molecular weight is 556 g/mol. The maximum absolute atomic E-state index is 11.9. The molecule has 1 atom stereocenters. The van der Waals surface area contributed by atoms with Crippen molar-refractivity contribution in [1.29, 1.82) is 5.41 Å². The molecule has 0 radical (unpaired) electrons. The second kappa shape index (κ2) is 11.5. The molecule has 0 aliphatic carbocycles. The molecule has 0 unspecified atom stereocenters. The first-order valence-corrected chi connectivity index (χ1v) is 13.7. The highest BCUT2D eigenvalue weighted by atomic mass is 35.5. The molecule has 210 valence electrons. The van der Waals surface area contributed by atoms with Crippen LogP contribution in [0.2, 0.25) is 5.02 Å². The van der Waals surface area contributed by atoms with Gasteiger partial charge in [0.25, 0.3) is 0 Å². The number of anilines is 1. The Hall–Kier alpha value is -3.17. The van der Waals surface area contributed by atoms with E-state index in [9.17, 15) is 9.90 Å². The van der Waals surface area contributed by atoms with Gasteiger partial charge in [-0.25, -0.2) is 14.8 Å². The molecule has 2 aliphatic rings. The largest absolute Gasteiger partial charge is 0.491 e. The van der Waals surface area contributed by atoms with Gasteiger partial charge in [0, 0.05) is 54.0 Å². The molecule has 39 heavy (non-hydrogen) atoms. The van der Waals surface area contributed by atoms with Gasteiger partial charge in [0.2, 0.25) is 0 Å². The topological polar surface area (TPSA) is 112 Å². The number of aliphatic hydroxyl groups excluding tert-OH is 1. The summed E-state index contributed by atoms with van der Waals surface area (Å²) in [7, 11) is 1.40. The third-order valence-corrected chi connectivity index (χ3v) is 7.64. The van der Waals surface area contributed by atoms with Crippen LogP contribution in [0, 0.1) is 17.7 Å². The van der Waals surface area contributed by atoms with E-state index in [4.69, 9.17) is 36.5 Å². The number of hydrogen-bond donors (Lipinski definition) is 2. The quantitative estimate of drug-likeness (QED) is 0.400. The number of nitrogens with one attached hydrogen (secondary N) is 1. The van der Waals surface area contributed by atoms with Crippen molar-refractivity contribution in [3.8, 4) is 17.1 Å². The zero-order valence-corrected chi connectivity index (χ0v) is 24.4. The lowest BCUT2D eigenvalue weighted by atomic mass is 9.73. The molecule has 2 fully saturated rings. The Bertz CT molecular complexity index is 1290. The number of carbonyl (C=O) groups is 1. The van der Waals surface area contributed by atoms with Crippen LogP contribution in [0.4, 0.5) is 10.6 Å². The summed E-state index contributed by atoms with van der Waals surface area (Å²) in [6, 6.07) is 5.32. The van der Waals surface area contributed by atoms with Crippen LogP contribution in [0.1, 0.15) is 51.8 Å². The molecule has 2 aliphatic heterocycles. The highest BCUT2D eigenvalue weighted by Gasteiger charge is 2.54. The van der Waals surface area contributed by atoms with E-state index >= 15 is 0 Å². The monoisotopic (exact) mass is 555 g/mol. The van der Waals surface area contributed by atoms with Crippen molar-refractivity contribution < 1.29 is 19.4 Å². The molecule has 1 amide bonds. The van der Waals surface area contributed by atoms with Crippen LogP contribution in [0.15, 0.2) is 23.8 Å². The van der Waals surface area contributed by atoms with Crippen molar-refractivity contribution in [3.63, 3.8) is 0 Å². The van der Waals surface area contributed by atoms with Crippen LogP contribution in [0.25, 0.3) is 17.0 Å². The summed E-state index contributed by atoms with van der Waals surface area (Å²) in [5, 5.41) is 19.1. The summed E-state index contributed by atoms with van der Waals surface area (Å²) in [6.45, 7) is 12.8. The molecule has 2 N–H and O–H groups in total. The lowest BCUT2D eigenvalue weighted by Crippen LogP contribution is -2.73. The van der Waals surface area contributed by atoms with E-state index < -0.39 is 6.10 Å². The molecule has 9 nitrogen and oxygen atoms in total. The number of hydrogen-bond acceptors (Lipinski definition) is 8. The number of rotatable bonds is 9. The van der Waals surface area contributed by atoms with Gasteiger partial charge in [0.05, 0.1) is 23.9 Å². The third-order valence-electron chi connectivity index (χ3n) is 7.31. The Morgan fingerprint density at radius 1 is 1.21 bits per heavy atom. The van der Waals surface area contributed by atoms with Gasteiger partial charge in [-0.3, -0.25) is 0 Å². The van der Waals surface area contributed by atoms with Gasteiger partial charge in [0.1, 0.15) is 18.2 Å². The van der Waals surface area contributed by atoms with Crippen molar-refractivity contribution in [2.24, 2.45) is 5.41 Å². The Morgan fingerprint density at radius 2 is 1.90 bits per heavy atom. The van der Waals surface area contributed by atoms with E-state index in [1.165, 1.54) is 7.11 Å². The molecule has 1 aromatic heterocycles. The van der Waals surface area contributed by atoms with Gasteiger partial charge in [-0.15, -0.1) is 0 Å². The molecule has 4 rings (SSSR count). The van der Waals surface area contributed by atoms with Gasteiger partial charge in [-0.2, -0.15) is 0 Å². The summed E-state index contributed by atoms with van der Waals surface area (Å²) < 4.78 is 10.7. The van der Waals surface area contributed by atoms with Crippen LogP contribution >= 0.6 is 11.6 Å². The lowest BCUT2D eigenvalue weighted by Gasteiger charge is -2.60. The fourth-order valence-corrected chi connectivity index (χ4v) is 5.68. The fourth-order valence-electron chi connectivity index (χ4n) is 5.48. The number of aromatic nitrogens is 2. The summed E-state index contributed by atoms with van der Waals surface area (Å²) >= 11 is 6.65. The highest BCUT2D eigenvalue weighted by Crippen LogP contribution is 2.44. The second-order valence-corrected chi connectivity index (χ2v) is 11.3. The molecule has 0 bridgehead atoms. The van der Waals surface area contributed by atoms with E-state index in [-0.39, 0.29) is 18.1 Å². The summed E-state index contributed by atoms with van der Waals surface area (Å²) in [6.07, 6.45) is 0.698. The van der Waals surface area contributed by atoms with Gasteiger partial charge >= 0.3 is 6.09 Å². The number of allylic oxidation sites excluding steroid dienone is 2. The fraction of sp³-hybridized carbons (Fsp3) is 0.517. The third kappa shape index (κ3) is 5.89. The number of nitrogens with zero attached hydrogens (tertiary/aromatic N) is 4. The van der Waals surface area contributed by atoms with Crippen molar-refractivity contribution in [3.05, 3.63) is 40.1 Å². The number of halogens is 1. The minimum Gasteiger partial charge on any atom is -0.491 e. The number of amides is 1. The van der Waals surface area contributed by atoms with E-state index in [0.29, 0.717) is 53.1 Å². The van der Waals surface area contributed by atoms with Crippen LogP contribution in [0.3, 0.4) is 0 Å². The molecule has 1 spiro atoms. The van der Waals surface area contributed by atoms with Crippen LogP contribution in [-0.4, -0.2) is 77.8 Å². The summed E-state index contributed by atoms with van der Waals surface area (Å²) in [5.74, 6) is 1.81. The minimum atomic E-state index is -0.543. The normalized spacial score (nSPS) is 16.3. The zero-order valence-electron chi connectivity index (χ0n) is 23.6. The molecule has 2 aromatic rings. The molecule has 0 saturated carbocycles. The first-order valence-electron chi connectivity index (χ1n) is 13.3. The SMILES string of the molecule is CCC[C@@H](O)COc1ccc(Cl)c(-c2nc(C(C(C)=N)=C(C)C)c(C)c(N3CC4(CN(C(=O)OC)C4)C3)n2)c1. The molecular formula is C29H38ClN5O4. The number of benzene rings is 1. The van der Waals surface area contributed by atoms with E-state index in [0.717, 1.165) is 42.0 Å². The van der Waals surface area contributed by atoms with Gasteiger partial charge in [-0.05, 0) is 52.3 Å². The number of methoxy groups -OCH3 is 1.